The number of nitrogens with one attached hydrogen (secondary N) is 2. The molecule has 4 nitrogen and oxygen atoms in total. The highest BCUT2D eigenvalue weighted by atomic mass is 16.7. The van der Waals surface area contributed by atoms with Crippen LogP contribution < -0.4 is 10.6 Å². The van der Waals surface area contributed by atoms with E-state index in [2.05, 4.69) is 10.6 Å². The summed E-state index contributed by atoms with van der Waals surface area (Å²) in [5.74, 6) is 0.787. The Labute approximate surface area is 124 Å². The molecule has 0 aromatic carbocycles. The number of rotatable bonds is 8. The molecule has 1 saturated carbocycles. The van der Waals surface area contributed by atoms with Gasteiger partial charge in [0.15, 0.2) is 6.29 Å². The molecule has 4 heteroatoms. The van der Waals surface area contributed by atoms with E-state index in [4.69, 9.17) is 9.47 Å². The molecule has 2 fully saturated rings. The summed E-state index contributed by atoms with van der Waals surface area (Å²) in [5, 5.41) is 7.42. The van der Waals surface area contributed by atoms with Crippen LogP contribution in [0.4, 0.5) is 0 Å². The molecule has 2 aliphatic rings. The van der Waals surface area contributed by atoms with Gasteiger partial charge in [-0.15, -0.1) is 0 Å². The molecule has 3 unspecified atom stereocenters. The molecule has 0 aromatic heterocycles. The van der Waals surface area contributed by atoms with E-state index < -0.39 is 0 Å². The van der Waals surface area contributed by atoms with E-state index in [1.807, 2.05) is 13.8 Å². The lowest BCUT2D eigenvalue weighted by atomic mass is 9.79. The Hall–Kier alpha value is -0.160. The highest BCUT2D eigenvalue weighted by molar-refractivity contribution is 4.91. The highest BCUT2D eigenvalue weighted by Gasteiger charge is 2.33. The first-order valence-electron chi connectivity index (χ1n) is 8.55. The van der Waals surface area contributed by atoms with E-state index in [9.17, 15) is 0 Å². The fraction of sp³-hybridized carbons (Fsp3) is 1.00. The maximum atomic E-state index is 5.63. The van der Waals surface area contributed by atoms with Gasteiger partial charge in [-0.1, -0.05) is 12.8 Å². The minimum Gasteiger partial charge on any atom is -0.352 e. The zero-order valence-electron chi connectivity index (χ0n) is 13.2. The van der Waals surface area contributed by atoms with Crippen LogP contribution >= 0.6 is 0 Å². The van der Waals surface area contributed by atoms with Crippen LogP contribution in [0.5, 0.6) is 0 Å². The van der Waals surface area contributed by atoms with Crippen molar-refractivity contribution >= 4 is 0 Å². The van der Waals surface area contributed by atoms with Gasteiger partial charge in [-0.05, 0) is 52.0 Å². The van der Waals surface area contributed by atoms with Crippen LogP contribution in [0.1, 0.15) is 52.4 Å². The Kier molecular flexibility index (Phi) is 7.28. The van der Waals surface area contributed by atoms with Gasteiger partial charge in [0, 0.05) is 31.8 Å². The summed E-state index contributed by atoms with van der Waals surface area (Å²) in [7, 11) is 0. The zero-order chi connectivity index (χ0) is 14.2. The SMILES string of the molecule is CCOC(CNC1CCCCC1C1CCCN1)OCC. The average Bonchev–Trinajstić information content (AvgIpc) is 2.99. The molecule has 0 aromatic rings. The monoisotopic (exact) mass is 284 g/mol. The molecule has 0 spiro atoms. The van der Waals surface area contributed by atoms with Gasteiger partial charge in [-0.3, -0.25) is 0 Å². The van der Waals surface area contributed by atoms with Crippen molar-refractivity contribution in [2.45, 2.75) is 70.7 Å². The van der Waals surface area contributed by atoms with Crippen molar-refractivity contribution in [2.75, 3.05) is 26.3 Å². The first-order chi connectivity index (χ1) is 9.85. The van der Waals surface area contributed by atoms with Gasteiger partial charge < -0.3 is 20.1 Å². The van der Waals surface area contributed by atoms with Gasteiger partial charge in [-0.2, -0.15) is 0 Å². The molecule has 2 N–H and O–H groups in total. The van der Waals surface area contributed by atoms with Crippen LogP contribution in [-0.2, 0) is 9.47 Å². The van der Waals surface area contributed by atoms with Crippen molar-refractivity contribution < 1.29 is 9.47 Å². The Morgan fingerprint density at radius 3 is 2.45 bits per heavy atom. The minimum absolute atomic E-state index is 0.0934. The maximum absolute atomic E-state index is 5.63. The van der Waals surface area contributed by atoms with Gasteiger partial charge in [0.2, 0.25) is 0 Å². The summed E-state index contributed by atoms with van der Waals surface area (Å²) in [5.41, 5.74) is 0. The normalized spacial score (nSPS) is 31.1. The molecule has 118 valence electrons. The molecular formula is C16H32N2O2. The Morgan fingerprint density at radius 2 is 1.80 bits per heavy atom. The molecule has 0 amide bonds. The quantitative estimate of drug-likeness (QED) is 0.671. The standard InChI is InChI=1S/C16H32N2O2/c1-3-19-16(20-4-2)12-18-15-9-6-5-8-13(15)14-10-7-11-17-14/h13-18H,3-12H2,1-2H3. The maximum Gasteiger partial charge on any atom is 0.169 e. The van der Waals surface area contributed by atoms with E-state index >= 15 is 0 Å². The van der Waals surface area contributed by atoms with Crippen LogP contribution in [-0.4, -0.2) is 44.7 Å². The molecule has 3 atom stereocenters. The Bertz CT molecular complexity index is 251. The molecule has 0 radical (unpaired) electrons. The van der Waals surface area contributed by atoms with Crippen LogP contribution in [0, 0.1) is 5.92 Å². The lowest BCUT2D eigenvalue weighted by Crippen LogP contribution is -2.49. The largest absolute Gasteiger partial charge is 0.352 e. The molecule has 1 aliphatic heterocycles. The Morgan fingerprint density at radius 1 is 1.05 bits per heavy atom. The predicted octanol–water partition coefficient (Wildman–Crippen LogP) is 2.29. The van der Waals surface area contributed by atoms with Crippen LogP contribution in [0.25, 0.3) is 0 Å². The van der Waals surface area contributed by atoms with E-state index in [0.29, 0.717) is 19.3 Å². The van der Waals surface area contributed by atoms with Crippen LogP contribution in [0.2, 0.25) is 0 Å². The molecule has 1 aliphatic carbocycles. The van der Waals surface area contributed by atoms with E-state index in [1.165, 1.54) is 45.1 Å². The molecule has 1 heterocycles. The predicted molar refractivity (Wildman–Crippen MR) is 81.8 cm³/mol. The Balaban J connectivity index is 1.81. The highest BCUT2D eigenvalue weighted by Crippen LogP contribution is 2.30. The van der Waals surface area contributed by atoms with Gasteiger partial charge in [0.25, 0.3) is 0 Å². The summed E-state index contributed by atoms with van der Waals surface area (Å²) in [4.78, 5) is 0. The number of hydrogen-bond acceptors (Lipinski definition) is 4. The number of ether oxygens (including phenoxy) is 2. The average molecular weight is 284 g/mol. The second-order valence-corrected chi connectivity index (χ2v) is 6.01. The molecular weight excluding hydrogens is 252 g/mol. The van der Waals surface area contributed by atoms with Gasteiger partial charge in [0.05, 0.1) is 0 Å². The van der Waals surface area contributed by atoms with Gasteiger partial charge in [0.1, 0.15) is 0 Å². The molecule has 20 heavy (non-hydrogen) atoms. The van der Waals surface area contributed by atoms with Crippen molar-refractivity contribution in [3.05, 3.63) is 0 Å². The van der Waals surface area contributed by atoms with Crippen molar-refractivity contribution in [3.63, 3.8) is 0 Å². The van der Waals surface area contributed by atoms with Crippen molar-refractivity contribution in [1.82, 2.24) is 10.6 Å². The van der Waals surface area contributed by atoms with Gasteiger partial charge in [-0.25, -0.2) is 0 Å². The first-order valence-corrected chi connectivity index (χ1v) is 8.55. The summed E-state index contributed by atoms with van der Waals surface area (Å²) >= 11 is 0. The third-order valence-corrected chi connectivity index (χ3v) is 4.69. The van der Waals surface area contributed by atoms with E-state index in [0.717, 1.165) is 18.5 Å². The smallest absolute Gasteiger partial charge is 0.169 e. The third-order valence-electron chi connectivity index (χ3n) is 4.69. The van der Waals surface area contributed by atoms with Crippen LogP contribution in [0.15, 0.2) is 0 Å². The summed E-state index contributed by atoms with van der Waals surface area (Å²) in [6.07, 6.45) is 8.01. The van der Waals surface area contributed by atoms with Crippen molar-refractivity contribution in [3.8, 4) is 0 Å². The third kappa shape index (κ3) is 4.69. The van der Waals surface area contributed by atoms with Gasteiger partial charge >= 0.3 is 0 Å². The molecule has 2 rings (SSSR count). The first kappa shape index (κ1) is 16.2. The van der Waals surface area contributed by atoms with Crippen molar-refractivity contribution in [2.24, 2.45) is 5.92 Å². The fourth-order valence-corrected chi connectivity index (χ4v) is 3.76. The fourth-order valence-electron chi connectivity index (χ4n) is 3.76. The molecule has 0 bridgehead atoms. The summed E-state index contributed by atoms with van der Waals surface area (Å²) < 4.78 is 11.3. The van der Waals surface area contributed by atoms with Crippen LogP contribution in [0.3, 0.4) is 0 Å². The number of hydrogen-bond donors (Lipinski definition) is 2. The zero-order valence-corrected chi connectivity index (χ0v) is 13.2. The second-order valence-electron chi connectivity index (χ2n) is 6.01. The van der Waals surface area contributed by atoms with Crippen molar-refractivity contribution in [1.29, 1.82) is 0 Å². The topological polar surface area (TPSA) is 42.5 Å². The molecule has 1 saturated heterocycles. The van der Waals surface area contributed by atoms with E-state index in [-0.39, 0.29) is 6.29 Å². The summed E-state index contributed by atoms with van der Waals surface area (Å²) in [6, 6.07) is 1.35. The lowest BCUT2D eigenvalue weighted by molar-refractivity contribution is -0.134. The van der Waals surface area contributed by atoms with E-state index in [1.54, 1.807) is 0 Å². The lowest BCUT2D eigenvalue weighted by Gasteiger charge is -2.37. The summed E-state index contributed by atoms with van der Waals surface area (Å²) in [6.45, 7) is 7.50. The minimum atomic E-state index is -0.0934. The second kappa shape index (κ2) is 8.98.